The van der Waals surface area contributed by atoms with E-state index in [0.29, 0.717) is 5.92 Å². The molecule has 4 nitrogen and oxygen atoms in total. The fraction of sp³-hybridized carbons (Fsp3) is 0.889. The van der Waals surface area contributed by atoms with Crippen LogP contribution in [0.5, 0.6) is 0 Å². The molecule has 1 amide bonds. The number of aliphatic hydroxyl groups is 1. The highest BCUT2D eigenvalue weighted by atomic mass is 16.3. The fourth-order valence-electron chi connectivity index (χ4n) is 1.88. The molecule has 0 aromatic carbocycles. The Bertz CT molecular complexity index is 184. The van der Waals surface area contributed by atoms with Crippen LogP contribution in [0.15, 0.2) is 0 Å². The Labute approximate surface area is 78.5 Å². The van der Waals surface area contributed by atoms with Crippen molar-refractivity contribution < 1.29 is 9.90 Å². The Balaban J connectivity index is 2.39. The second-order valence-corrected chi connectivity index (χ2v) is 3.77. The third kappa shape index (κ3) is 2.67. The zero-order valence-electron chi connectivity index (χ0n) is 7.99. The van der Waals surface area contributed by atoms with E-state index in [1.165, 1.54) is 0 Å². The maximum atomic E-state index is 10.8. The second kappa shape index (κ2) is 4.58. The molecule has 0 heterocycles. The lowest BCUT2D eigenvalue weighted by Gasteiger charge is -2.21. The Morgan fingerprint density at radius 1 is 1.69 bits per heavy atom. The summed E-state index contributed by atoms with van der Waals surface area (Å²) >= 11 is 0. The zero-order valence-corrected chi connectivity index (χ0v) is 7.99. The zero-order chi connectivity index (χ0) is 9.84. The first-order valence-corrected chi connectivity index (χ1v) is 4.81. The minimum absolute atomic E-state index is 0.198. The predicted molar refractivity (Wildman–Crippen MR) is 50.0 cm³/mol. The molecule has 3 atom stereocenters. The van der Waals surface area contributed by atoms with E-state index in [9.17, 15) is 4.79 Å². The topological polar surface area (TPSA) is 75.3 Å². The monoisotopic (exact) mass is 186 g/mol. The lowest BCUT2D eigenvalue weighted by Crippen LogP contribution is -2.46. The molecule has 1 saturated carbocycles. The lowest BCUT2D eigenvalue weighted by molar-refractivity contribution is -0.119. The molecule has 1 rings (SSSR count). The number of rotatable bonds is 4. The van der Waals surface area contributed by atoms with Crippen molar-refractivity contribution in [2.75, 3.05) is 6.61 Å². The maximum Gasteiger partial charge on any atom is 0.234 e. The Kier molecular flexibility index (Phi) is 3.69. The predicted octanol–water partition coefficient (Wildman–Crippen LogP) is -0.389. The molecule has 0 saturated heterocycles. The van der Waals surface area contributed by atoms with E-state index in [1.54, 1.807) is 6.92 Å². The molecule has 4 heteroatoms. The highest BCUT2D eigenvalue weighted by molar-refractivity contribution is 5.79. The van der Waals surface area contributed by atoms with E-state index in [1.807, 2.05) is 0 Å². The molecule has 0 bridgehead atoms. The van der Waals surface area contributed by atoms with E-state index in [-0.39, 0.29) is 24.6 Å². The standard InChI is InChI=1S/C9H18N2O2/c1-6(9(10)13)11-8-4-2-3-7(8)5-12/h6-8,11-12H,2-5H2,1H3,(H2,10,13). The molecule has 1 aliphatic rings. The van der Waals surface area contributed by atoms with Gasteiger partial charge in [-0.2, -0.15) is 0 Å². The lowest BCUT2D eigenvalue weighted by atomic mass is 10.0. The number of nitrogens with two attached hydrogens (primary N) is 1. The van der Waals surface area contributed by atoms with E-state index in [0.717, 1.165) is 19.3 Å². The number of aliphatic hydroxyl groups excluding tert-OH is 1. The van der Waals surface area contributed by atoms with Crippen molar-refractivity contribution in [2.24, 2.45) is 11.7 Å². The summed E-state index contributed by atoms with van der Waals surface area (Å²) in [6.07, 6.45) is 3.19. The number of nitrogens with one attached hydrogen (secondary N) is 1. The van der Waals surface area contributed by atoms with E-state index in [4.69, 9.17) is 10.8 Å². The summed E-state index contributed by atoms with van der Waals surface area (Å²) in [6.45, 7) is 1.96. The minimum atomic E-state index is -0.330. The molecule has 13 heavy (non-hydrogen) atoms. The average Bonchev–Trinajstić information content (AvgIpc) is 2.51. The molecular formula is C9H18N2O2. The van der Waals surface area contributed by atoms with Crippen LogP contribution in [0, 0.1) is 5.92 Å². The van der Waals surface area contributed by atoms with Gasteiger partial charge in [0, 0.05) is 12.6 Å². The van der Waals surface area contributed by atoms with Gasteiger partial charge in [0.1, 0.15) is 0 Å². The van der Waals surface area contributed by atoms with Crippen LogP contribution in [0.4, 0.5) is 0 Å². The first-order valence-electron chi connectivity index (χ1n) is 4.81. The number of primary amides is 1. The molecule has 0 aromatic rings. The molecule has 76 valence electrons. The van der Waals surface area contributed by atoms with Crippen molar-refractivity contribution in [3.63, 3.8) is 0 Å². The summed E-state index contributed by atoms with van der Waals surface area (Å²) in [7, 11) is 0. The summed E-state index contributed by atoms with van der Waals surface area (Å²) in [6, 6.07) is -0.0374. The van der Waals surface area contributed by atoms with Gasteiger partial charge in [-0.25, -0.2) is 0 Å². The molecule has 4 N–H and O–H groups in total. The highest BCUT2D eigenvalue weighted by Crippen LogP contribution is 2.25. The van der Waals surface area contributed by atoms with Crippen LogP contribution in [-0.4, -0.2) is 29.7 Å². The van der Waals surface area contributed by atoms with Gasteiger partial charge in [0.25, 0.3) is 0 Å². The Hall–Kier alpha value is -0.610. The van der Waals surface area contributed by atoms with Gasteiger partial charge >= 0.3 is 0 Å². The van der Waals surface area contributed by atoms with Gasteiger partial charge in [0.2, 0.25) is 5.91 Å². The number of hydrogen-bond acceptors (Lipinski definition) is 3. The van der Waals surface area contributed by atoms with Crippen LogP contribution >= 0.6 is 0 Å². The van der Waals surface area contributed by atoms with Gasteiger partial charge in [-0.1, -0.05) is 6.42 Å². The number of carbonyl (C=O) groups excluding carboxylic acids is 1. The van der Waals surface area contributed by atoms with Gasteiger partial charge in [-0.3, -0.25) is 4.79 Å². The Morgan fingerprint density at radius 2 is 2.38 bits per heavy atom. The summed E-state index contributed by atoms with van der Waals surface area (Å²) < 4.78 is 0. The molecule has 0 aromatic heterocycles. The molecule has 1 aliphatic carbocycles. The van der Waals surface area contributed by atoms with Crippen molar-refractivity contribution in [3.05, 3.63) is 0 Å². The number of carbonyl (C=O) groups is 1. The summed E-state index contributed by atoms with van der Waals surface area (Å²) in [5.41, 5.74) is 5.14. The van der Waals surface area contributed by atoms with Gasteiger partial charge < -0.3 is 16.2 Å². The van der Waals surface area contributed by atoms with Gasteiger partial charge in [-0.05, 0) is 25.7 Å². The molecular weight excluding hydrogens is 168 g/mol. The first-order chi connectivity index (χ1) is 6.15. The van der Waals surface area contributed by atoms with Crippen molar-refractivity contribution in [2.45, 2.75) is 38.3 Å². The van der Waals surface area contributed by atoms with Crippen molar-refractivity contribution >= 4 is 5.91 Å². The normalized spacial score (nSPS) is 30.3. The van der Waals surface area contributed by atoms with Gasteiger partial charge in [0.05, 0.1) is 6.04 Å². The molecule has 0 radical (unpaired) electrons. The average molecular weight is 186 g/mol. The van der Waals surface area contributed by atoms with Gasteiger partial charge in [-0.15, -0.1) is 0 Å². The third-order valence-corrected chi connectivity index (χ3v) is 2.78. The van der Waals surface area contributed by atoms with Crippen molar-refractivity contribution in [1.29, 1.82) is 0 Å². The van der Waals surface area contributed by atoms with Crippen LogP contribution in [0.3, 0.4) is 0 Å². The first kappa shape index (κ1) is 10.5. The molecule has 1 fully saturated rings. The van der Waals surface area contributed by atoms with E-state index >= 15 is 0 Å². The highest BCUT2D eigenvalue weighted by Gasteiger charge is 2.28. The van der Waals surface area contributed by atoms with Crippen LogP contribution in [-0.2, 0) is 4.79 Å². The second-order valence-electron chi connectivity index (χ2n) is 3.77. The molecule has 0 aliphatic heterocycles. The quantitative estimate of drug-likeness (QED) is 0.559. The number of amides is 1. The van der Waals surface area contributed by atoms with Crippen LogP contribution < -0.4 is 11.1 Å². The third-order valence-electron chi connectivity index (χ3n) is 2.78. The maximum absolute atomic E-state index is 10.8. The summed E-state index contributed by atoms with van der Waals surface area (Å²) in [5.74, 6) is -0.0367. The van der Waals surface area contributed by atoms with E-state index < -0.39 is 0 Å². The number of hydrogen-bond donors (Lipinski definition) is 3. The SMILES string of the molecule is CC(NC1CCCC1CO)C(N)=O. The summed E-state index contributed by atoms with van der Waals surface area (Å²) in [4.78, 5) is 10.8. The smallest absolute Gasteiger partial charge is 0.234 e. The largest absolute Gasteiger partial charge is 0.396 e. The van der Waals surface area contributed by atoms with Crippen LogP contribution in [0.25, 0.3) is 0 Å². The molecule has 0 spiro atoms. The summed E-state index contributed by atoms with van der Waals surface area (Å²) in [5, 5.41) is 12.2. The minimum Gasteiger partial charge on any atom is -0.396 e. The van der Waals surface area contributed by atoms with Crippen molar-refractivity contribution in [1.82, 2.24) is 5.32 Å². The van der Waals surface area contributed by atoms with Gasteiger partial charge in [0.15, 0.2) is 0 Å². The Morgan fingerprint density at radius 3 is 2.92 bits per heavy atom. The van der Waals surface area contributed by atoms with Crippen molar-refractivity contribution in [3.8, 4) is 0 Å². The van der Waals surface area contributed by atoms with Crippen LogP contribution in [0.2, 0.25) is 0 Å². The molecule has 3 unspecified atom stereocenters. The van der Waals surface area contributed by atoms with Crippen LogP contribution in [0.1, 0.15) is 26.2 Å². The van der Waals surface area contributed by atoms with E-state index in [2.05, 4.69) is 5.32 Å². The fourth-order valence-corrected chi connectivity index (χ4v) is 1.88.